The van der Waals surface area contributed by atoms with E-state index in [1.54, 1.807) is 0 Å². The fourth-order valence-corrected chi connectivity index (χ4v) is 3.29. The van der Waals surface area contributed by atoms with Crippen LogP contribution in [0.4, 0.5) is 0 Å². The van der Waals surface area contributed by atoms with E-state index in [4.69, 9.17) is 0 Å². The second-order valence-electron chi connectivity index (χ2n) is 4.33. The van der Waals surface area contributed by atoms with E-state index in [0.717, 1.165) is 5.33 Å². The van der Waals surface area contributed by atoms with E-state index in [2.05, 4.69) is 71.4 Å². The van der Waals surface area contributed by atoms with E-state index in [9.17, 15) is 0 Å². The Morgan fingerprint density at radius 3 is 1.82 bits per heavy atom. The molecule has 0 nitrogen and oxygen atoms in total. The van der Waals surface area contributed by atoms with Crippen LogP contribution in [-0.4, -0.2) is 0 Å². The largest absolute Gasteiger partial charge is 0.0876 e. The summed E-state index contributed by atoms with van der Waals surface area (Å²) in [5.41, 5.74) is 2.79. The number of benzene rings is 3. The normalized spacial score (nSPS) is 11.2. The van der Waals surface area contributed by atoms with Crippen molar-refractivity contribution in [1.29, 1.82) is 0 Å². The highest BCUT2D eigenvalue weighted by atomic mass is 79.9. The van der Waals surface area contributed by atoms with Crippen LogP contribution in [-0.2, 0) is 5.33 Å². The Kier molecular flexibility index (Phi) is 2.64. The Morgan fingerprint density at radius 2 is 1.24 bits per heavy atom. The molecule has 0 aliphatic carbocycles. The summed E-state index contributed by atoms with van der Waals surface area (Å²) in [5, 5.41) is 6.33. The molecule has 0 aromatic heterocycles. The molecule has 17 heavy (non-hydrogen) atoms. The molecule has 0 atom stereocenters. The van der Waals surface area contributed by atoms with Crippen LogP contribution < -0.4 is 0 Å². The third-order valence-electron chi connectivity index (χ3n) is 3.46. The number of alkyl halides is 1. The number of aryl methyl sites for hydroxylation is 1. The van der Waals surface area contributed by atoms with Gasteiger partial charge in [0, 0.05) is 5.33 Å². The summed E-state index contributed by atoms with van der Waals surface area (Å²) < 4.78 is 0. The molecule has 0 radical (unpaired) electrons. The van der Waals surface area contributed by atoms with Crippen LogP contribution in [0.15, 0.2) is 48.5 Å². The maximum atomic E-state index is 3.62. The van der Waals surface area contributed by atoms with Crippen LogP contribution in [0, 0.1) is 6.92 Å². The number of fused-ring (bicyclic) bond motifs is 3. The molecule has 3 aromatic rings. The lowest BCUT2D eigenvalue weighted by Gasteiger charge is -2.12. The first-order chi connectivity index (χ1) is 8.33. The van der Waals surface area contributed by atoms with E-state index in [0.29, 0.717) is 0 Å². The molecule has 0 saturated carbocycles. The van der Waals surface area contributed by atoms with Crippen molar-refractivity contribution in [3.05, 3.63) is 59.7 Å². The molecule has 3 aromatic carbocycles. The smallest absolute Gasteiger partial charge is 0.0292 e. The molecule has 0 amide bonds. The van der Waals surface area contributed by atoms with Gasteiger partial charge < -0.3 is 0 Å². The number of rotatable bonds is 1. The summed E-state index contributed by atoms with van der Waals surface area (Å²) in [6.07, 6.45) is 0. The van der Waals surface area contributed by atoms with Gasteiger partial charge in [0.25, 0.3) is 0 Å². The zero-order chi connectivity index (χ0) is 11.8. The van der Waals surface area contributed by atoms with E-state index < -0.39 is 0 Å². The summed E-state index contributed by atoms with van der Waals surface area (Å²) in [6.45, 7) is 2.21. The van der Waals surface area contributed by atoms with Crippen LogP contribution >= 0.6 is 15.9 Å². The Bertz CT molecular complexity index is 698. The van der Waals surface area contributed by atoms with Crippen molar-refractivity contribution in [1.82, 2.24) is 0 Å². The lowest BCUT2D eigenvalue weighted by atomic mass is 9.93. The van der Waals surface area contributed by atoms with E-state index in [1.807, 2.05) is 0 Å². The van der Waals surface area contributed by atoms with Crippen LogP contribution in [0.25, 0.3) is 21.5 Å². The van der Waals surface area contributed by atoms with Crippen LogP contribution in [0.1, 0.15) is 11.1 Å². The molecule has 0 unspecified atom stereocenters. The van der Waals surface area contributed by atoms with Crippen molar-refractivity contribution in [2.75, 3.05) is 0 Å². The number of hydrogen-bond donors (Lipinski definition) is 0. The summed E-state index contributed by atoms with van der Waals surface area (Å²) in [5.74, 6) is 0. The lowest BCUT2D eigenvalue weighted by Crippen LogP contribution is -1.90. The predicted molar refractivity (Wildman–Crippen MR) is 78.8 cm³/mol. The molecule has 0 aliphatic heterocycles. The van der Waals surface area contributed by atoms with Crippen molar-refractivity contribution in [3.8, 4) is 0 Å². The molecule has 0 bridgehead atoms. The zero-order valence-corrected chi connectivity index (χ0v) is 11.3. The maximum absolute atomic E-state index is 3.62. The minimum Gasteiger partial charge on any atom is -0.0876 e. The second kappa shape index (κ2) is 4.15. The number of hydrogen-bond acceptors (Lipinski definition) is 0. The Labute approximate surface area is 109 Å². The van der Waals surface area contributed by atoms with Gasteiger partial charge in [0.05, 0.1) is 0 Å². The van der Waals surface area contributed by atoms with Crippen LogP contribution in [0.5, 0.6) is 0 Å². The highest BCUT2D eigenvalue weighted by molar-refractivity contribution is 9.08. The van der Waals surface area contributed by atoms with Gasteiger partial charge in [-0.1, -0.05) is 64.5 Å². The minimum absolute atomic E-state index is 0.907. The molecule has 0 heterocycles. The second-order valence-corrected chi connectivity index (χ2v) is 4.89. The van der Waals surface area contributed by atoms with Gasteiger partial charge in [-0.2, -0.15) is 0 Å². The minimum atomic E-state index is 0.907. The fraction of sp³-hybridized carbons (Fsp3) is 0.125. The van der Waals surface area contributed by atoms with Gasteiger partial charge in [0.1, 0.15) is 0 Å². The molecule has 0 fully saturated rings. The first kappa shape index (κ1) is 10.8. The summed E-state index contributed by atoms with van der Waals surface area (Å²) in [6, 6.07) is 17.3. The SMILES string of the molecule is Cc1c(CBr)c2ccccc2c2ccccc12. The fourth-order valence-electron chi connectivity index (χ4n) is 2.56. The summed E-state index contributed by atoms with van der Waals surface area (Å²) in [7, 11) is 0. The van der Waals surface area contributed by atoms with Gasteiger partial charge >= 0.3 is 0 Å². The van der Waals surface area contributed by atoms with Gasteiger partial charge in [-0.25, -0.2) is 0 Å². The average Bonchev–Trinajstić information content (AvgIpc) is 2.40. The van der Waals surface area contributed by atoms with E-state index >= 15 is 0 Å². The molecule has 1 heteroatoms. The monoisotopic (exact) mass is 284 g/mol. The van der Waals surface area contributed by atoms with Crippen molar-refractivity contribution < 1.29 is 0 Å². The Morgan fingerprint density at radius 1 is 0.765 bits per heavy atom. The Balaban J connectivity index is 2.64. The number of halogens is 1. The molecule has 0 N–H and O–H groups in total. The van der Waals surface area contributed by atoms with Crippen LogP contribution in [0.3, 0.4) is 0 Å². The standard InChI is InChI=1S/C16H13Br/c1-11-12-6-2-3-7-13(12)14-8-4-5-9-15(14)16(11)10-17/h2-9H,10H2,1H3. The van der Waals surface area contributed by atoms with Gasteiger partial charge in [-0.3, -0.25) is 0 Å². The van der Waals surface area contributed by atoms with Crippen molar-refractivity contribution in [2.24, 2.45) is 0 Å². The highest BCUT2D eigenvalue weighted by Crippen LogP contribution is 2.33. The first-order valence-electron chi connectivity index (χ1n) is 5.78. The Hall–Kier alpha value is -1.34. The quantitative estimate of drug-likeness (QED) is 0.426. The van der Waals surface area contributed by atoms with E-state index in [-0.39, 0.29) is 0 Å². The average molecular weight is 285 g/mol. The van der Waals surface area contributed by atoms with Gasteiger partial charge in [0.15, 0.2) is 0 Å². The van der Waals surface area contributed by atoms with Gasteiger partial charge in [-0.05, 0) is 39.6 Å². The third-order valence-corrected chi connectivity index (χ3v) is 4.02. The molecule has 0 aliphatic rings. The van der Waals surface area contributed by atoms with E-state index in [1.165, 1.54) is 32.7 Å². The van der Waals surface area contributed by atoms with Gasteiger partial charge in [0.2, 0.25) is 0 Å². The molecular weight excluding hydrogens is 272 g/mol. The van der Waals surface area contributed by atoms with Crippen molar-refractivity contribution in [2.45, 2.75) is 12.3 Å². The van der Waals surface area contributed by atoms with Crippen LogP contribution in [0.2, 0.25) is 0 Å². The zero-order valence-electron chi connectivity index (χ0n) is 9.70. The first-order valence-corrected chi connectivity index (χ1v) is 6.90. The molecule has 0 spiro atoms. The molecule has 84 valence electrons. The third kappa shape index (κ3) is 1.57. The van der Waals surface area contributed by atoms with Gasteiger partial charge in [-0.15, -0.1) is 0 Å². The summed E-state index contributed by atoms with van der Waals surface area (Å²) in [4.78, 5) is 0. The maximum Gasteiger partial charge on any atom is 0.0292 e. The molecule has 3 rings (SSSR count). The summed E-state index contributed by atoms with van der Waals surface area (Å²) >= 11 is 3.62. The van der Waals surface area contributed by atoms with Crippen molar-refractivity contribution >= 4 is 37.5 Å². The highest BCUT2D eigenvalue weighted by Gasteiger charge is 2.09. The topological polar surface area (TPSA) is 0 Å². The molecule has 0 saturated heterocycles. The van der Waals surface area contributed by atoms with Crippen molar-refractivity contribution in [3.63, 3.8) is 0 Å². The lowest BCUT2D eigenvalue weighted by molar-refractivity contribution is 1.39. The molecular formula is C16H13Br. The predicted octanol–water partition coefficient (Wildman–Crippen LogP) is 5.20.